The number of amides is 1. The summed E-state index contributed by atoms with van der Waals surface area (Å²) in [5, 5.41) is 2.88. The number of benzene rings is 2. The van der Waals surface area contributed by atoms with Crippen molar-refractivity contribution in [2.45, 2.75) is 26.9 Å². The SMILES string of the molecule is Cc1ccc(C(=O)Nc2cccc(OC(C)C)c2)cc1Br. The number of anilines is 1. The molecule has 0 saturated heterocycles. The van der Waals surface area contributed by atoms with Crippen LogP contribution in [0.2, 0.25) is 0 Å². The van der Waals surface area contributed by atoms with Crippen LogP contribution < -0.4 is 10.1 Å². The molecule has 0 saturated carbocycles. The summed E-state index contributed by atoms with van der Waals surface area (Å²) in [4.78, 5) is 12.2. The fourth-order valence-electron chi connectivity index (χ4n) is 1.86. The molecule has 0 aromatic heterocycles. The highest BCUT2D eigenvalue weighted by Crippen LogP contribution is 2.21. The molecule has 2 aromatic rings. The third-order valence-electron chi connectivity index (χ3n) is 2.90. The van der Waals surface area contributed by atoms with E-state index in [9.17, 15) is 4.79 Å². The van der Waals surface area contributed by atoms with Gasteiger partial charge in [-0.25, -0.2) is 0 Å². The minimum atomic E-state index is -0.141. The Hall–Kier alpha value is -1.81. The zero-order valence-corrected chi connectivity index (χ0v) is 13.9. The van der Waals surface area contributed by atoms with Crippen LogP contribution >= 0.6 is 15.9 Å². The number of carbonyl (C=O) groups is 1. The Bertz CT molecular complexity index is 653. The molecule has 0 fully saturated rings. The van der Waals surface area contributed by atoms with Crippen molar-refractivity contribution in [3.8, 4) is 5.75 Å². The van der Waals surface area contributed by atoms with Gasteiger partial charge in [0.1, 0.15) is 5.75 Å². The van der Waals surface area contributed by atoms with Crippen molar-refractivity contribution in [1.29, 1.82) is 0 Å². The molecule has 4 heteroatoms. The van der Waals surface area contributed by atoms with E-state index in [0.29, 0.717) is 5.56 Å². The third-order valence-corrected chi connectivity index (χ3v) is 3.75. The second-order valence-electron chi connectivity index (χ2n) is 5.11. The summed E-state index contributed by atoms with van der Waals surface area (Å²) >= 11 is 3.44. The minimum absolute atomic E-state index is 0.101. The fraction of sp³-hybridized carbons (Fsp3) is 0.235. The first-order chi connectivity index (χ1) is 9.95. The Labute approximate surface area is 133 Å². The highest BCUT2D eigenvalue weighted by Gasteiger charge is 2.08. The summed E-state index contributed by atoms with van der Waals surface area (Å²) < 4.78 is 6.54. The lowest BCUT2D eigenvalue weighted by Gasteiger charge is -2.11. The second-order valence-corrected chi connectivity index (χ2v) is 5.97. The van der Waals surface area contributed by atoms with Crippen molar-refractivity contribution >= 4 is 27.5 Å². The van der Waals surface area contributed by atoms with Crippen molar-refractivity contribution in [3.05, 3.63) is 58.1 Å². The highest BCUT2D eigenvalue weighted by atomic mass is 79.9. The monoisotopic (exact) mass is 347 g/mol. The molecule has 21 heavy (non-hydrogen) atoms. The molecule has 1 N–H and O–H groups in total. The van der Waals surface area contributed by atoms with E-state index in [-0.39, 0.29) is 12.0 Å². The van der Waals surface area contributed by atoms with Gasteiger partial charge in [-0.3, -0.25) is 4.79 Å². The third kappa shape index (κ3) is 4.33. The maximum atomic E-state index is 12.2. The molecule has 0 aliphatic heterocycles. The highest BCUT2D eigenvalue weighted by molar-refractivity contribution is 9.10. The van der Waals surface area contributed by atoms with Crippen LogP contribution in [0.25, 0.3) is 0 Å². The Morgan fingerprint density at radius 1 is 1.19 bits per heavy atom. The molecule has 110 valence electrons. The van der Waals surface area contributed by atoms with E-state index in [1.807, 2.05) is 63.2 Å². The van der Waals surface area contributed by atoms with Crippen LogP contribution in [0.5, 0.6) is 5.75 Å². The molecule has 0 radical (unpaired) electrons. The Morgan fingerprint density at radius 2 is 1.95 bits per heavy atom. The van der Waals surface area contributed by atoms with Gasteiger partial charge in [-0.1, -0.05) is 28.1 Å². The van der Waals surface area contributed by atoms with Gasteiger partial charge in [0.25, 0.3) is 5.91 Å². The van der Waals surface area contributed by atoms with Gasteiger partial charge >= 0.3 is 0 Å². The predicted molar refractivity (Wildman–Crippen MR) is 89.0 cm³/mol. The molecule has 2 aromatic carbocycles. The van der Waals surface area contributed by atoms with Crippen LogP contribution in [-0.4, -0.2) is 12.0 Å². The van der Waals surface area contributed by atoms with Crippen molar-refractivity contribution in [2.24, 2.45) is 0 Å². The number of carbonyl (C=O) groups excluding carboxylic acids is 1. The van der Waals surface area contributed by atoms with Gasteiger partial charge < -0.3 is 10.1 Å². The molecular formula is C17H18BrNO2. The number of rotatable bonds is 4. The van der Waals surface area contributed by atoms with Crippen molar-refractivity contribution in [1.82, 2.24) is 0 Å². The Kier molecular flexibility index (Phi) is 5.02. The fourth-order valence-corrected chi connectivity index (χ4v) is 2.24. The van der Waals surface area contributed by atoms with Crippen LogP contribution in [0.1, 0.15) is 29.8 Å². The molecule has 0 atom stereocenters. The lowest BCUT2D eigenvalue weighted by atomic mass is 10.1. The summed E-state index contributed by atoms with van der Waals surface area (Å²) in [6.45, 7) is 5.92. The van der Waals surface area contributed by atoms with Crippen LogP contribution in [0.15, 0.2) is 46.9 Å². The minimum Gasteiger partial charge on any atom is -0.491 e. The van der Waals surface area contributed by atoms with Crippen LogP contribution in [0.3, 0.4) is 0 Å². The topological polar surface area (TPSA) is 38.3 Å². The summed E-state index contributed by atoms with van der Waals surface area (Å²) in [5.74, 6) is 0.602. The van der Waals surface area contributed by atoms with Crippen molar-refractivity contribution < 1.29 is 9.53 Å². The average Bonchev–Trinajstić information content (AvgIpc) is 2.41. The molecule has 0 spiro atoms. The van der Waals surface area contributed by atoms with Gasteiger partial charge in [0.15, 0.2) is 0 Å². The standard InChI is InChI=1S/C17H18BrNO2/c1-11(2)21-15-6-4-5-14(10-15)19-17(20)13-8-7-12(3)16(18)9-13/h4-11H,1-3H3,(H,19,20). The average molecular weight is 348 g/mol. The quantitative estimate of drug-likeness (QED) is 0.862. The van der Waals surface area contributed by atoms with E-state index in [2.05, 4.69) is 21.2 Å². The van der Waals surface area contributed by atoms with E-state index in [1.165, 1.54) is 0 Å². The second kappa shape index (κ2) is 6.76. The summed E-state index contributed by atoms with van der Waals surface area (Å²) in [5.41, 5.74) is 2.43. The zero-order chi connectivity index (χ0) is 15.4. The molecule has 0 aliphatic rings. The first-order valence-corrected chi connectivity index (χ1v) is 7.59. The van der Waals surface area contributed by atoms with Gasteiger partial charge in [-0.05, 0) is 50.6 Å². The number of halogens is 1. The number of nitrogens with one attached hydrogen (secondary N) is 1. The smallest absolute Gasteiger partial charge is 0.255 e. The van der Waals surface area contributed by atoms with E-state index < -0.39 is 0 Å². The normalized spacial score (nSPS) is 10.5. The van der Waals surface area contributed by atoms with Crippen LogP contribution in [0.4, 0.5) is 5.69 Å². The van der Waals surface area contributed by atoms with Gasteiger partial charge in [0.05, 0.1) is 6.10 Å². The maximum absolute atomic E-state index is 12.2. The number of hydrogen-bond acceptors (Lipinski definition) is 2. The molecule has 0 aliphatic carbocycles. The van der Waals surface area contributed by atoms with E-state index in [4.69, 9.17) is 4.74 Å². The summed E-state index contributed by atoms with van der Waals surface area (Å²) in [6, 6.07) is 12.9. The Balaban J connectivity index is 2.13. The van der Waals surface area contributed by atoms with E-state index in [0.717, 1.165) is 21.5 Å². The van der Waals surface area contributed by atoms with Crippen molar-refractivity contribution in [3.63, 3.8) is 0 Å². The first-order valence-electron chi connectivity index (χ1n) is 6.80. The molecule has 1 amide bonds. The van der Waals surface area contributed by atoms with E-state index >= 15 is 0 Å². The Morgan fingerprint density at radius 3 is 2.62 bits per heavy atom. The van der Waals surface area contributed by atoms with Crippen molar-refractivity contribution in [2.75, 3.05) is 5.32 Å². The molecular weight excluding hydrogens is 330 g/mol. The van der Waals surface area contributed by atoms with Crippen LogP contribution in [0, 0.1) is 6.92 Å². The molecule has 0 heterocycles. The predicted octanol–water partition coefficient (Wildman–Crippen LogP) is 4.80. The number of hydrogen-bond donors (Lipinski definition) is 1. The van der Waals surface area contributed by atoms with Gasteiger partial charge in [-0.15, -0.1) is 0 Å². The summed E-state index contributed by atoms with van der Waals surface area (Å²) in [7, 11) is 0. The van der Waals surface area contributed by atoms with E-state index in [1.54, 1.807) is 0 Å². The maximum Gasteiger partial charge on any atom is 0.255 e. The number of ether oxygens (including phenoxy) is 1. The summed E-state index contributed by atoms with van der Waals surface area (Å²) in [6.07, 6.45) is 0.101. The first kappa shape index (κ1) is 15.6. The van der Waals surface area contributed by atoms with Gasteiger partial charge in [0.2, 0.25) is 0 Å². The number of aryl methyl sites for hydroxylation is 1. The lowest BCUT2D eigenvalue weighted by molar-refractivity contribution is 0.102. The molecule has 2 rings (SSSR count). The van der Waals surface area contributed by atoms with Gasteiger partial charge in [0, 0.05) is 21.8 Å². The lowest BCUT2D eigenvalue weighted by Crippen LogP contribution is -2.12. The molecule has 0 bridgehead atoms. The van der Waals surface area contributed by atoms with Crippen LogP contribution in [-0.2, 0) is 0 Å². The van der Waals surface area contributed by atoms with Gasteiger partial charge in [-0.2, -0.15) is 0 Å². The zero-order valence-electron chi connectivity index (χ0n) is 12.3. The molecule has 0 unspecified atom stereocenters. The largest absolute Gasteiger partial charge is 0.491 e. The molecule has 3 nitrogen and oxygen atoms in total.